The SMILES string of the molecule is CCC1CCCN1c1ccc(/C(N)=N/O)cn1. The molecular weight excluding hydrogens is 216 g/mol. The quantitative estimate of drug-likeness (QED) is 0.360. The van der Waals surface area contributed by atoms with E-state index in [9.17, 15) is 0 Å². The highest BCUT2D eigenvalue weighted by atomic mass is 16.4. The molecule has 0 aromatic carbocycles. The minimum atomic E-state index is 0.0949. The molecule has 2 rings (SSSR count). The van der Waals surface area contributed by atoms with E-state index >= 15 is 0 Å². The lowest BCUT2D eigenvalue weighted by Crippen LogP contribution is -2.29. The van der Waals surface area contributed by atoms with Gasteiger partial charge in [0.05, 0.1) is 0 Å². The van der Waals surface area contributed by atoms with Gasteiger partial charge in [0.2, 0.25) is 0 Å². The minimum absolute atomic E-state index is 0.0949. The van der Waals surface area contributed by atoms with E-state index in [1.807, 2.05) is 12.1 Å². The molecule has 0 saturated carbocycles. The summed E-state index contributed by atoms with van der Waals surface area (Å²) in [6, 6.07) is 4.36. The summed E-state index contributed by atoms with van der Waals surface area (Å²) in [6.45, 7) is 3.27. The summed E-state index contributed by atoms with van der Waals surface area (Å²) >= 11 is 0. The summed E-state index contributed by atoms with van der Waals surface area (Å²) in [5, 5.41) is 11.5. The van der Waals surface area contributed by atoms with Crippen LogP contribution in [0.2, 0.25) is 0 Å². The lowest BCUT2D eigenvalue weighted by Gasteiger charge is -2.24. The molecule has 1 fully saturated rings. The Bertz CT molecular complexity index is 401. The second-order valence-corrected chi connectivity index (χ2v) is 4.29. The van der Waals surface area contributed by atoms with Crippen LogP contribution in [0.5, 0.6) is 0 Å². The predicted octanol–water partition coefficient (Wildman–Crippen LogP) is 1.55. The molecule has 0 radical (unpaired) electrons. The number of nitrogens with two attached hydrogens (primary N) is 1. The second-order valence-electron chi connectivity index (χ2n) is 4.29. The zero-order chi connectivity index (χ0) is 12.3. The Morgan fingerprint density at radius 1 is 1.65 bits per heavy atom. The fourth-order valence-corrected chi connectivity index (χ4v) is 2.33. The zero-order valence-corrected chi connectivity index (χ0v) is 10.0. The van der Waals surface area contributed by atoms with Gasteiger partial charge in [-0.3, -0.25) is 0 Å². The van der Waals surface area contributed by atoms with Gasteiger partial charge in [-0.25, -0.2) is 4.98 Å². The van der Waals surface area contributed by atoms with E-state index in [1.165, 1.54) is 12.8 Å². The third-order valence-electron chi connectivity index (χ3n) is 3.29. The maximum absolute atomic E-state index is 8.57. The molecule has 17 heavy (non-hydrogen) atoms. The van der Waals surface area contributed by atoms with Gasteiger partial charge in [0.15, 0.2) is 5.84 Å². The summed E-state index contributed by atoms with van der Waals surface area (Å²) in [6.07, 6.45) is 5.25. The molecule has 0 bridgehead atoms. The molecule has 0 amide bonds. The fourth-order valence-electron chi connectivity index (χ4n) is 2.33. The Kier molecular flexibility index (Phi) is 3.46. The molecule has 1 unspecified atom stereocenters. The van der Waals surface area contributed by atoms with Crippen molar-refractivity contribution in [3.05, 3.63) is 23.9 Å². The smallest absolute Gasteiger partial charge is 0.171 e. The Morgan fingerprint density at radius 2 is 2.47 bits per heavy atom. The maximum atomic E-state index is 8.57. The molecule has 5 nitrogen and oxygen atoms in total. The fraction of sp³-hybridized carbons (Fsp3) is 0.500. The number of nitrogens with zero attached hydrogens (tertiary/aromatic N) is 3. The molecule has 0 aliphatic carbocycles. The number of amidine groups is 1. The van der Waals surface area contributed by atoms with Crippen LogP contribution in [0.25, 0.3) is 0 Å². The Balaban J connectivity index is 2.18. The Labute approximate surface area is 101 Å². The van der Waals surface area contributed by atoms with Crippen LogP contribution < -0.4 is 10.6 Å². The van der Waals surface area contributed by atoms with Crippen molar-refractivity contribution in [1.29, 1.82) is 0 Å². The van der Waals surface area contributed by atoms with E-state index in [0.717, 1.165) is 18.8 Å². The molecule has 1 atom stereocenters. The number of rotatable bonds is 3. The molecule has 1 aliphatic heterocycles. The van der Waals surface area contributed by atoms with Crippen LogP contribution in [0.1, 0.15) is 31.7 Å². The number of hydrogen-bond acceptors (Lipinski definition) is 4. The van der Waals surface area contributed by atoms with E-state index in [4.69, 9.17) is 10.9 Å². The van der Waals surface area contributed by atoms with E-state index in [-0.39, 0.29) is 5.84 Å². The number of aromatic nitrogens is 1. The van der Waals surface area contributed by atoms with Crippen LogP contribution in [0, 0.1) is 0 Å². The predicted molar refractivity (Wildman–Crippen MR) is 67.4 cm³/mol. The molecule has 1 aromatic rings. The molecule has 0 spiro atoms. The lowest BCUT2D eigenvalue weighted by atomic mass is 10.1. The molecule has 1 aromatic heterocycles. The van der Waals surface area contributed by atoms with Gasteiger partial charge in [-0.15, -0.1) is 0 Å². The van der Waals surface area contributed by atoms with Crippen molar-refractivity contribution in [3.63, 3.8) is 0 Å². The Morgan fingerprint density at radius 3 is 3.06 bits per heavy atom. The summed E-state index contributed by atoms with van der Waals surface area (Å²) in [5.74, 6) is 1.07. The van der Waals surface area contributed by atoms with E-state index in [0.29, 0.717) is 11.6 Å². The first-order chi connectivity index (χ1) is 8.26. The van der Waals surface area contributed by atoms with Crippen LogP contribution >= 0.6 is 0 Å². The van der Waals surface area contributed by atoms with Gasteiger partial charge < -0.3 is 15.8 Å². The van der Waals surface area contributed by atoms with E-state index in [2.05, 4.69) is 22.0 Å². The van der Waals surface area contributed by atoms with Crippen molar-refractivity contribution in [2.45, 2.75) is 32.2 Å². The number of oxime groups is 1. The van der Waals surface area contributed by atoms with Gasteiger partial charge >= 0.3 is 0 Å². The van der Waals surface area contributed by atoms with Crippen LogP contribution in [0.4, 0.5) is 5.82 Å². The van der Waals surface area contributed by atoms with E-state index < -0.39 is 0 Å². The lowest BCUT2D eigenvalue weighted by molar-refractivity contribution is 0.318. The van der Waals surface area contributed by atoms with Crippen molar-refractivity contribution in [3.8, 4) is 0 Å². The summed E-state index contributed by atoms with van der Waals surface area (Å²) in [5.41, 5.74) is 6.14. The molecule has 1 aliphatic rings. The molecular formula is C12H18N4O. The number of anilines is 1. The van der Waals surface area contributed by atoms with Crippen molar-refractivity contribution < 1.29 is 5.21 Å². The van der Waals surface area contributed by atoms with Crippen molar-refractivity contribution in [2.75, 3.05) is 11.4 Å². The number of hydrogen-bond donors (Lipinski definition) is 2. The average molecular weight is 234 g/mol. The molecule has 1 saturated heterocycles. The van der Waals surface area contributed by atoms with Gasteiger partial charge in [0.25, 0.3) is 0 Å². The van der Waals surface area contributed by atoms with Gasteiger partial charge in [-0.2, -0.15) is 0 Å². The third-order valence-corrected chi connectivity index (χ3v) is 3.29. The molecule has 5 heteroatoms. The highest BCUT2D eigenvalue weighted by Gasteiger charge is 2.23. The second kappa shape index (κ2) is 5.03. The van der Waals surface area contributed by atoms with E-state index in [1.54, 1.807) is 6.20 Å². The average Bonchev–Trinajstić information content (AvgIpc) is 2.86. The van der Waals surface area contributed by atoms with Crippen LogP contribution in [0.15, 0.2) is 23.5 Å². The maximum Gasteiger partial charge on any atom is 0.171 e. The van der Waals surface area contributed by atoms with Crippen LogP contribution in [-0.4, -0.2) is 28.6 Å². The monoisotopic (exact) mass is 234 g/mol. The van der Waals surface area contributed by atoms with Crippen LogP contribution in [0.3, 0.4) is 0 Å². The molecule has 2 heterocycles. The first-order valence-corrected chi connectivity index (χ1v) is 5.97. The van der Waals surface area contributed by atoms with Crippen molar-refractivity contribution in [1.82, 2.24) is 4.98 Å². The third kappa shape index (κ3) is 2.33. The van der Waals surface area contributed by atoms with Gasteiger partial charge in [-0.05, 0) is 31.4 Å². The van der Waals surface area contributed by atoms with Crippen molar-refractivity contribution >= 4 is 11.7 Å². The first kappa shape index (κ1) is 11.7. The summed E-state index contributed by atoms with van der Waals surface area (Å²) in [7, 11) is 0. The zero-order valence-electron chi connectivity index (χ0n) is 10.0. The topological polar surface area (TPSA) is 74.7 Å². The highest BCUT2D eigenvalue weighted by molar-refractivity contribution is 5.96. The Hall–Kier alpha value is -1.78. The summed E-state index contributed by atoms with van der Waals surface area (Å²) < 4.78 is 0. The van der Waals surface area contributed by atoms with Gasteiger partial charge in [0.1, 0.15) is 5.82 Å². The molecule has 92 valence electrons. The standard InChI is InChI=1S/C12H18N4O/c1-2-10-4-3-7-16(10)11-6-5-9(8-14-11)12(13)15-17/h5-6,8,10,17H,2-4,7H2,1H3,(H2,13,15). The normalized spacial score (nSPS) is 20.9. The van der Waals surface area contributed by atoms with Gasteiger partial charge in [0, 0.05) is 24.3 Å². The summed E-state index contributed by atoms with van der Waals surface area (Å²) in [4.78, 5) is 6.71. The molecule has 3 N–H and O–H groups in total. The van der Waals surface area contributed by atoms with Crippen LogP contribution in [-0.2, 0) is 0 Å². The minimum Gasteiger partial charge on any atom is -0.409 e. The largest absolute Gasteiger partial charge is 0.409 e. The van der Waals surface area contributed by atoms with Gasteiger partial charge in [-0.1, -0.05) is 12.1 Å². The van der Waals surface area contributed by atoms with Crippen molar-refractivity contribution in [2.24, 2.45) is 10.9 Å². The highest BCUT2D eigenvalue weighted by Crippen LogP contribution is 2.25. The number of pyridine rings is 1. The first-order valence-electron chi connectivity index (χ1n) is 5.97.